The lowest BCUT2D eigenvalue weighted by Crippen LogP contribution is -2.43. The van der Waals surface area contributed by atoms with Gasteiger partial charge in [0.05, 0.1) is 17.8 Å². The van der Waals surface area contributed by atoms with Gasteiger partial charge in [-0.3, -0.25) is 19.2 Å². The average molecular weight is 465 g/mol. The van der Waals surface area contributed by atoms with Crippen LogP contribution < -0.4 is 21.3 Å². The summed E-state index contributed by atoms with van der Waals surface area (Å²) in [6.45, 7) is 0.265. The minimum absolute atomic E-state index is 0.291. The predicted octanol–water partition coefficient (Wildman–Crippen LogP) is 2.09. The molecule has 9 heteroatoms. The highest BCUT2D eigenvalue weighted by atomic mass is 32.1. The molecule has 2 aromatic carbocycles. The first-order valence-electron chi connectivity index (χ1n) is 10.3. The Bertz CT molecular complexity index is 1100. The molecule has 0 unspecified atom stereocenters. The van der Waals surface area contributed by atoms with Crippen molar-refractivity contribution in [3.05, 3.63) is 88.1 Å². The van der Waals surface area contributed by atoms with Crippen LogP contribution in [0.25, 0.3) is 0 Å². The highest BCUT2D eigenvalue weighted by Crippen LogP contribution is 2.15. The maximum atomic E-state index is 12.6. The molecule has 0 saturated carbocycles. The fourth-order valence-corrected chi connectivity index (χ4v) is 3.64. The maximum absolute atomic E-state index is 12.6. The van der Waals surface area contributed by atoms with Gasteiger partial charge >= 0.3 is 11.8 Å². The second-order valence-corrected chi connectivity index (χ2v) is 8.06. The van der Waals surface area contributed by atoms with Crippen LogP contribution in [0.1, 0.15) is 20.8 Å². The topological polar surface area (TPSA) is 116 Å². The van der Waals surface area contributed by atoms with Crippen LogP contribution in [-0.4, -0.2) is 36.7 Å². The molecule has 0 fully saturated rings. The normalized spacial score (nSPS) is 10.2. The van der Waals surface area contributed by atoms with Gasteiger partial charge in [-0.15, -0.1) is 11.3 Å². The molecule has 3 rings (SSSR count). The van der Waals surface area contributed by atoms with Gasteiger partial charge in [0, 0.05) is 18.0 Å². The summed E-state index contributed by atoms with van der Waals surface area (Å²) in [6.07, 6.45) is 0.625. The van der Waals surface area contributed by atoms with E-state index in [1.54, 1.807) is 35.6 Å². The molecule has 1 aromatic heterocycles. The second kappa shape index (κ2) is 12.2. The maximum Gasteiger partial charge on any atom is 0.309 e. The summed E-state index contributed by atoms with van der Waals surface area (Å²) >= 11 is 1.57. The summed E-state index contributed by atoms with van der Waals surface area (Å²) in [5, 5.41) is 12.1. The Morgan fingerprint density at radius 1 is 0.758 bits per heavy atom. The molecule has 0 saturated heterocycles. The Kier molecular flexibility index (Phi) is 8.72. The molecule has 33 heavy (non-hydrogen) atoms. The molecule has 1 heterocycles. The highest BCUT2D eigenvalue weighted by molar-refractivity contribution is 7.09. The van der Waals surface area contributed by atoms with Crippen molar-refractivity contribution in [2.24, 2.45) is 0 Å². The molecule has 0 aliphatic carbocycles. The third kappa shape index (κ3) is 7.58. The fraction of sp³-hybridized carbons (Fsp3) is 0.167. The van der Waals surface area contributed by atoms with Crippen molar-refractivity contribution in [1.29, 1.82) is 0 Å². The van der Waals surface area contributed by atoms with Gasteiger partial charge in [-0.2, -0.15) is 0 Å². The molecule has 0 spiro atoms. The van der Waals surface area contributed by atoms with Gasteiger partial charge in [-0.1, -0.05) is 48.5 Å². The molecule has 3 aromatic rings. The van der Waals surface area contributed by atoms with Gasteiger partial charge in [0.1, 0.15) is 0 Å². The van der Waals surface area contributed by atoms with E-state index in [2.05, 4.69) is 21.3 Å². The number of anilines is 1. The summed E-state index contributed by atoms with van der Waals surface area (Å²) in [5.41, 5.74) is 1.55. The largest absolute Gasteiger partial charge is 0.348 e. The molecule has 0 aliphatic rings. The van der Waals surface area contributed by atoms with Crippen molar-refractivity contribution in [2.75, 3.05) is 18.4 Å². The van der Waals surface area contributed by atoms with Crippen LogP contribution in [0.5, 0.6) is 0 Å². The van der Waals surface area contributed by atoms with Crippen LogP contribution in [0, 0.1) is 0 Å². The summed E-state index contributed by atoms with van der Waals surface area (Å²) in [6, 6.07) is 19.9. The van der Waals surface area contributed by atoms with E-state index >= 15 is 0 Å². The van der Waals surface area contributed by atoms with Crippen LogP contribution >= 0.6 is 11.3 Å². The van der Waals surface area contributed by atoms with Crippen LogP contribution in [-0.2, 0) is 27.3 Å². The predicted molar refractivity (Wildman–Crippen MR) is 127 cm³/mol. The third-order valence-corrected chi connectivity index (χ3v) is 5.53. The molecule has 4 amide bonds. The number of carbonyl (C=O) groups excluding carboxylic acids is 4. The smallest absolute Gasteiger partial charge is 0.309 e. The SMILES string of the molecule is O=C(CNC(=O)C(=O)NCCc1cccs1)Nc1ccccc1C(=O)NCc1ccccc1. The van der Waals surface area contributed by atoms with Crippen LogP contribution in [0.4, 0.5) is 5.69 Å². The van der Waals surface area contributed by atoms with Crippen molar-refractivity contribution < 1.29 is 19.2 Å². The Morgan fingerprint density at radius 2 is 1.48 bits per heavy atom. The zero-order valence-electron chi connectivity index (χ0n) is 17.8. The van der Waals surface area contributed by atoms with E-state index in [0.29, 0.717) is 30.8 Å². The van der Waals surface area contributed by atoms with E-state index in [1.165, 1.54) is 0 Å². The number of para-hydroxylation sites is 1. The Balaban J connectivity index is 1.45. The molecular weight excluding hydrogens is 440 g/mol. The number of hydrogen-bond donors (Lipinski definition) is 4. The van der Waals surface area contributed by atoms with Crippen molar-refractivity contribution >= 4 is 40.7 Å². The molecule has 0 radical (unpaired) electrons. The summed E-state index contributed by atoms with van der Waals surface area (Å²) in [7, 11) is 0. The number of amides is 4. The van der Waals surface area contributed by atoms with E-state index in [-0.39, 0.29) is 5.91 Å². The Labute approximate surface area is 195 Å². The molecule has 0 bridgehead atoms. The molecule has 170 valence electrons. The van der Waals surface area contributed by atoms with Crippen molar-refractivity contribution in [3.8, 4) is 0 Å². The van der Waals surface area contributed by atoms with E-state index in [1.807, 2.05) is 47.8 Å². The first-order valence-corrected chi connectivity index (χ1v) is 11.2. The van der Waals surface area contributed by atoms with Crippen molar-refractivity contribution in [3.63, 3.8) is 0 Å². The molecule has 4 N–H and O–H groups in total. The van der Waals surface area contributed by atoms with E-state index in [0.717, 1.165) is 10.4 Å². The average Bonchev–Trinajstić information content (AvgIpc) is 3.35. The monoisotopic (exact) mass is 464 g/mol. The number of benzene rings is 2. The standard InChI is InChI=1S/C24H24N4O4S/c29-21(16-27-24(32)23(31)25-13-12-18-9-6-14-33-18)28-20-11-5-4-10-19(20)22(30)26-15-17-7-2-1-3-8-17/h1-11,14H,12-13,15-16H2,(H,25,31)(H,26,30)(H,27,32)(H,28,29). The molecule has 0 aliphatic heterocycles. The fourth-order valence-electron chi connectivity index (χ4n) is 2.93. The molecular formula is C24H24N4O4S. The van der Waals surface area contributed by atoms with E-state index < -0.39 is 24.3 Å². The lowest BCUT2D eigenvalue weighted by atomic mass is 10.1. The first kappa shape index (κ1) is 23.7. The second-order valence-electron chi connectivity index (χ2n) is 7.03. The molecule has 8 nitrogen and oxygen atoms in total. The zero-order valence-corrected chi connectivity index (χ0v) is 18.6. The Morgan fingerprint density at radius 3 is 2.24 bits per heavy atom. The van der Waals surface area contributed by atoms with E-state index in [4.69, 9.17) is 0 Å². The van der Waals surface area contributed by atoms with Crippen molar-refractivity contribution in [1.82, 2.24) is 16.0 Å². The van der Waals surface area contributed by atoms with Crippen LogP contribution in [0.3, 0.4) is 0 Å². The van der Waals surface area contributed by atoms with Gasteiger partial charge in [0.25, 0.3) is 5.91 Å². The zero-order chi connectivity index (χ0) is 23.5. The molecule has 0 atom stereocenters. The number of carbonyl (C=O) groups is 4. The first-order chi connectivity index (χ1) is 16.0. The quantitative estimate of drug-likeness (QED) is 0.363. The number of thiophene rings is 1. The summed E-state index contributed by atoms with van der Waals surface area (Å²) in [4.78, 5) is 49.7. The van der Waals surface area contributed by atoms with Gasteiger partial charge in [0.15, 0.2) is 0 Å². The van der Waals surface area contributed by atoms with E-state index in [9.17, 15) is 19.2 Å². The highest BCUT2D eigenvalue weighted by Gasteiger charge is 2.16. The minimum Gasteiger partial charge on any atom is -0.348 e. The van der Waals surface area contributed by atoms with Crippen molar-refractivity contribution in [2.45, 2.75) is 13.0 Å². The number of rotatable bonds is 9. The van der Waals surface area contributed by atoms with Crippen LogP contribution in [0.2, 0.25) is 0 Å². The minimum atomic E-state index is -0.898. The van der Waals surface area contributed by atoms with Gasteiger partial charge < -0.3 is 21.3 Å². The van der Waals surface area contributed by atoms with Gasteiger partial charge in [0.2, 0.25) is 5.91 Å². The summed E-state index contributed by atoms with van der Waals surface area (Å²) < 4.78 is 0. The number of hydrogen-bond acceptors (Lipinski definition) is 5. The summed E-state index contributed by atoms with van der Waals surface area (Å²) in [5.74, 6) is -2.60. The van der Waals surface area contributed by atoms with Crippen LogP contribution in [0.15, 0.2) is 72.1 Å². The lowest BCUT2D eigenvalue weighted by molar-refractivity contribution is -0.139. The number of nitrogens with one attached hydrogen (secondary N) is 4. The van der Waals surface area contributed by atoms with Gasteiger partial charge in [-0.25, -0.2) is 0 Å². The third-order valence-electron chi connectivity index (χ3n) is 4.59. The van der Waals surface area contributed by atoms with Gasteiger partial charge in [-0.05, 0) is 35.6 Å². The Hall–Kier alpha value is -3.98. The lowest BCUT2D eigenvalue weighted by Gasteiger charge is -2.12.